The number of nitroso groups, excluding NO2 is 1. The second-order valence-corrected chi connectivity index (χ2v) is 10.2. The summed E-state index contributed by atoms with van der Waals surface area (Å²) in [6.07, 6.45) is 34.7. The van der Waals surface area contributed by atoms with Gasteiger partial charge in [0.05, 0.1) is 6.54 Å². The molecule has 0 fully saturated rings. The minimum Gasteiger partial charge on any atom is -0.151 e. The molecule has 0 aromatic heterocycles. The molecule has 0 aliphatic heterocycles. The van der Waals surface area contributed by atoms with E-state index < -0.39 is 0 Å². The van der Waals surface area contributed by atoms with E-state index in [2.05, 4.69) is 19.0 Å². The zero-order valence-electron chi connectivity index (χ0n) is 21.8. The van der Waals surface area contributed by atoms with Gasteiger partial charge >= 0.3 is 0 Å². The summed E-state index contributed by atoms with van der Waals surface area (Å²) in [7, 11) is 0. The SMILES string of the molecule is CCCCCCCCCCCCCCCCC(CCCCCCCCCCC)CN=O. The minimum atomic E-state index is 0.551. The van der Waals surface area contributed by atoms with E-state index in [1.807, 2.05) is 0 Å². The van der Waals surface area contributed by atoms with E-state index in [1.165, 1.54) is 161 Å². The summed E-state index contributed by atoms with van der Waals surface area (Å²) in [6.45, 7) is 5.12. The molecule has 186 valence electrons. The smallest absolute Gasteiger partial charge is 0.0839 e. The van der Waals surface area contributed by atoms with Gasteiger partial charge in [-0.05, 0) is 18.8 Å². The van der Waals surface area contributed by atoms with Gasteiger partial charge in [-0.25, -0.2) is 0 Å². The maximum Gasteiger partial charge on any atom is 0.0839 e. The van der Waals surface area contributed by atoms with Gasteiger partial charge in [0.15, 0.2) is 0 Å². The van der Waals surface area contributed by atoms with Crippen molar-refractivity contribution in [3.8, 4) is 0 Å². The molecular weight excluding hydrogens is 378 g/mol. The Kier molecular flexibility index (Phi) is 27.3. The first kappa shape index (κ1) is 30.6. The number of hydrogen-bond acceptors (Lipinski definition) is 2. The first-order valence-corrected chi connectivity index (χ1v) is 14.6. The van der Waals surface area contributed by atoms with E-state index in [4.69, 9.17) is 0 Å². The van der Waals surface area contributed by atoms with Gasteiger partial charge in [-0.15, -0.1) is 0 Å². The minimum absolute atomic E-state index is 0.551. The summed E-state index contributed by atoms with van der Waals surface area (Å²) >= 11 is 0. The summed E-state index contributed by atoms with van der Waals surface area (Å²) in [5.74, 6) is 0.555. The van der Waals surface area contributed by atoms with Crippen LogP contribution in [0.3, 0.4) is 0 Å². The number of nitrogens with zero attached hydrogens (tertiary/aromatic N) is 1. The lowest BCUT2D eigenvalue weighted by Gasteiger charge is -2.13. The van der Waals surface area contributed by atoms with Crippen LogP contribution in [0.1, 0.15) is 174 Å². The van der Waals surface area contributed by atoms with Crippen LogP contribution in [0.4, 0.5) is 0 Å². The van der Waals surface area contributed by atoms with Crippen molar-refractivity contribution in [1.29, 1.82) is 0 Å². The molecule has 0 aliphatic carbocycles. The third-order valence-electron chi connectivity index (χ3n) is 7.01. The van der Waals surface area contributed by atoms with Gasteiger partial charge in [0.25, 0.3) is 0 Å². The zero-order valence-corrected chi connectivity index (χ0v) is 21.8. The molecule has 0 radical (unpaired) electrons. The maximum absolute atomic E-state index is 10.8. The molecule has 0 bridgehead atoms. The highest BCUT2D eigenvalue weighted by atomic mass is 16.3. The number of unbranched alkanes of at least 4 members (excludes halogenated alkanes) is 21. The first-order valence-electron chi connectivity index (χ1n) is 14.6. The molecule has 0 aromatic carbocycles. The summed E-state index contributed by atoms with van der Waals surface area (Å²) in [5.41, 5.74) is 0. The Bertz CT molecular complexity index is 331. The van der Waals surface area contributed by atoms with E-state index in [0.717, 1.165) is 0 Å². The molecule has 0 spiro atoms. The summed E-state index contributed by atoms with van der Waals surface area (Å²) in [6, 6.07) is 0. The first-order chi connectivity index (χ1) is 15.3. The Hall–Kier alpha value is -0.400. The second-order valence-electron chi connectivity index (χ2n) is 10.2. The van der Waals surface area contributed by atoms with Gasteiger partial charge in [-0.2, -0.15) is 4.91 Å². The highest BCUT2D eigenvalue weighted by Gasteiger charge is 2.08. The molecule has 1 atom stereocenters. The normalized spacial score (nSPS) is 12.3. The van der Waals surface area contributed by atoms with Crippen LogP contribution in [0.2, 0.25) is 0 Å². The van der Waals surface area contributed by atoms with Crippen molar-refractivity contribution < 1.29 is 0 Å². The quantitative estimate of drug-likeness (QED) is 0.0927. The third kappa shape index (κ3) is 25.7. The van der Waals surface area contributed by atoms with E-state index in [0.29, 0.717) is 12.5 Å². The van der Waals surface area contributed by atoms with E-state index in [-0.39, 0.29) is 0 Å². The van der Waals surface area contributed by atoms with Gasteiger partial charge in [0, 0.05) is 0 Å². The predicted molar refractivity (Wildman–Crippen MR) is 141 cm³/mol. The fourth-order valence-electron chi connectivity index (χ4n) is 4.80. The Balaban J connectivity index is 3.38. The molecule has 2 nitrogen and oxygen atoms in total. The summed E-state index contributed by atoms with van der Waals surface area (Å²) < 4.78 is 0. The van der Waals surface area contributed by atoms with Crippen molar-refractivity contribution in [2.75, 3.05) is 6.54 Å². The third-order valence-corrected chi connectivity index (χ3v) is 7.01. The van der Waals surface area contributed by atoms with Crippen LogP contribution in [0.5, 0.6) is 0 Å². The molecule has 0 saturated heterocycles. The topological polar surface area (TPSA) is 29.4 Å². The van der Waals surface area contributed by atoms with Gasteiger partial charge in [0.2, 0.25) is 0 Å². The summed E-state index contributed by atoms with van der Waals surface area (Å²) in [4.78, 5) is 10.8. The fourth-order valence-corrected chi connectivity index (χ4v) is 4.80. The van der Waals surface area contributed by atoms with Crippen molar-refractivity contribution in [3.63, 3.8) is 0 Å². The largest absolute Gasteiger partial charge is 0.151 e. The second kappa shape index (κ2) is 27.6. The molecule has 0 aromatic rings. The lowest BCUT2D eigenvalue weighted by molar-refractivity contribution is 0.409. The molecule has 0 N–H and O–H groups in total. The van der Waals surface area contributed by atoms with Crippen LogP contribution in [-0.4, -0.2) is 6.54 Å². The predicted octanol–water partition coefficient (Wildman–Crippen LogP) is 11.2. The van der Waals surface area contributed by atoms with Crippen LogP contribution in [0.25, 0.3) is 0 Å². The summed E-state index contributed by atoms with van der Waals surface area (Å²) in [5, 5.41) is 3.23. The molecule has 0 amide bonds. The lowest BCUT2D eigenvalue weighted by Crippen LogP contribution is -2.04. The molecule has 0 rings (SSSR count). The van der Waals surface area contributed by atoms with Gasteiger partial charge in [0.1, 0.15) is 0 Å². The Morgan fingerprint density at radius 1 is 0.419 bits per heavy atom. The van der Waals surface area contributed by atoms with Crippen LogP contribution in [-0.2, 0) is 0 Å². The van der Waals surface area contributed by atoms with Crippen molar-refractivity contribution >= 4 is 0 Å². The monoisotopic (exact) mass is 437 g/mol. The van der Waals surface area contributed by atoms with Crippen LogP contribution < -0.4 is 0 Å². The number of hydrogen-bond donors (Lipinski definition) is 0. The van der Waals surface area contributed by atoms with E-state index in [1.54, 1.807) is 0 Å². The molecule has 2 heteroatoms. The van der Waals surface area contributed by atoms with Crippen molar-refractivity contribution in [2.45, 2.75) is 174 Å². The maximum atomic E-state index is 10.8. The van der Waals surface area contributed by atoms with E-state index >= 15 is 0 Å². The fraction of sp³-hybridized carbons (Fsp3) is 1.00. The average molecular weight is 438 g/mol. The highest BCUT2D eigenvalue weighted by molar-refractivity contribution is 4.63. The van der Waals surface area contributed by atoms with Crippen molar-refractivity contribution in [3.05, 3.63) is 4.91 Å². The molecule has 1 unspecified atom stereocenters. The van der Waals surface area contributed by atoms with Gasteiger partial charge in [-0.1, -0.05) is 167 Å². The van der Waals surface area contributed by atoms with E-state index in [9.17, 15) is 4.91 Å². The molecule has 0 saturated carbocycles. The molecule has 0 aliphatic rings. The standard InChI is InChI=1S/C29H59NO/c1-3-5-7-9-11-13-14-15-16-17-19-21-23-25-27-29(28-30-31)26-24-22-20-18-12-10-8-6-4-2/h29H,3-28H2,1-2H3. The number of rotatable bonds is 27. The molecule has 0 heterocycles. The van der Waals surface area contributed by atoms with Gasteiger partial charge < -0.3 is 0 Å². The molecular formula is C29H59NO. The van der Waals surface area contributed by atoms with Crippen molar-refractivity contribution in [2.24, 2.45) is 11.1 Å². The zero-order chi connectivity index (χ0) is 22.7. The van der Waals surface area contributed by atoms with Crippen molar-refractivity contribution in [1.82, 2.24) is 0 Å². The Morgan fingerprint density at radius 3 is 0.935 bits per heavy atom. The lowest BCUT2D eigenvalue weighted by atomic mass is 9.94. The van der Waals surface area contributed by atoms with Crippen LogP contribution in [0.15, 0.2) is 5.18 Å². The highest BCUT2D eigenvalue weighted by Crippen LogP contribution is 2.20. The molecule has 31 heavy (non-hydrogen) atoms. The Labute approximate surface area is 197 Å². The van der Waals surface area contributed by atoms with Crippen LogP contribution >= 0.6 is 0 Å². The van der Waals surface area contributed by atoms with Crippen LogP contribution in [0, 0.1) is 10.8 Å². The average Bonchev–Trinajstić information content (AvgIpc) is 2.78. The van der Waals surface area contributed by atoms with Gasteiger partial charge in [-0.3, -0.25) is 0 Å². The Morgan fingerprint density at radius 2 is 0.677 bits per heavy atom.